The van der Waals surface area contributed by atoms with Gasteiger partial charge in [-0.3, -0.25) is 0 Å². The molecule has 2 atom stereocenters. The van der Waals surface area contributed by atoms with Crippen LogP contribution in [0.3, 0.4) is 0 Å². The fourth-order valence-corrected chi connectivity index (χ4v) is 3.92. The quantitative estimate of drug-likeness (QED) is 0.743. The molecule has 1 saturated carbocycles. The molecule has 1 aromatic rings. The summed E-state index contributed by atoms with van der Waals surface area (Å²) in [6, 6.07) is 1.78. The third-order valence-electron chi connectivity index (χ3n) is 3.76. The Morgan fingerprint density at radius 3 is 2.84 bits per heavy atom. The summed E-state index contributed by atoms with van der Waals surface area (Å²) in [6.45, 7) is 5.64. The molecule has 0 aromatic carbocycles. The fraction of sp³-hybridized carbons (Fsp3) is 0.692. The minimum absolute atomic E-state index is 0.0807. The van der Waals surface area contributed by atoms with Crippen molar-refractivity contribution >= 4 is 10.0 Å². The first kappa shape index (κ1) is 14.6. The van der Waals surface area contributed by atoms with Gasteiger partial charge in [-0.05, 0) is 31.4 Å². The van der Waals surface area contributed by atoms with Crippen molar-refractivity contribution in [2.75, 3.05) is 6.54 Å². The van der Waals surface area contributed by atoms with Gasteiger partial charge in [0.25, 0.3) is 0 Å². The van der Waals surface area contributed by atoms with Gasteiger partial charge in [-0.1, -0.05) is 20.3 Å². The largest absolute Gasteiger partial charge is 0.363 e. The van der Waals surface area contributed by atoms with Crippen LogP contribution in [0.2, 0.25) is 0 Å². The lowest BCUT2D eigenvalue weighted by atomic mass is 10.1. The van der Waals surface area contributed by atoms with Gasteiger partial charge in [-0.15, -0.1) is 0 Å². The second-order valence-corrected chi connectivity index (χ2v) is 6.99. The highest BCUT2D eigenvalue weighted by Gasteiger charge is 2.28. The van der Waals surface area contributed by atoms with Gasteiger partial charge in [-0.25, -0.2) is 13.1 Å². The highest BCUT2D eigenvalue weighted by molar-refractivity contribution is 7.89. The zero-order chi connectivity index (χ0) is 13.9. The van der Waals surface area contributed by atoms with Crippen LogP contribution in [-0.2, 0) is 16.6 Å². The average Bonchev–Trinajstić information content (AvgIpc) is 2.97. The van der Waals surface area contributed by atoms with Gasteiger partial charge < -0.3 is 10.3 Å². The number of hydrogen-bond acceptors (Lipinski definition) is 3. The molecule has 1 aliphatic rings. The maximum absolute atomic E-state index is 12.3. The van der Waals surface area contributed by atoms with Gasteiger partial charge in [0.2, 0.25) is 10.0 Å². The van der Waals surface area contributed by atoms with Crippen molar-refractivity contribution in [2.45, 2.75) is 50.6 Å². The van der Waals surface area contributed by atoms with E-state index in [-0.39, 0.29) is 6.04 Å². The zero-order valence-electron chi connectivity index (χ0n) is 11.6. The van der Waals surface area contributed by atoms with Crippen molar-refractivity contribution in [3.05, 3.63) is 18.0 Å². The number of hydrogen-bond donors (Lipinski definition) is 3. The second-order valence-electron chi connectivity index (χ2n) is 5.28. The van der Waals surface area contributed by atoms with Gasteiger partial charge in [0.1, 0.15) is 0 Å². The van der Waals surface area contributed by atoms with E-state index in [4.69, 9.17) is 0 Å². The molecule has 108 valence electrons. The summed E-state index contributed by atoms with van der Waals surface area (Å²) in [7, 11) is -3.39. The van der Waals surface area contributed by atoms with Crippen LogP contribution in [0.25, 0.3) is 0 Å². The highest BCUT2D eigenvalue weighted by atomic mass is 32.2. The van der Waals surface area contributed by atoms with E-state index in [0.29, 0.717) is 17.4 Å². The van der Waals surface area contributed by atoms with Crippen LogP contribution < -0.4 is 10.0 Å². The predicted octanol–water partition coefficient (Wildman–Crippen LogP) is 1.59. The second kappa shape index (κ2) is 6.07. The molecule has 0 aliphatic heterocycles. The van der Waals surface area contributed by atoms with Gasteiger partial charge in [0.05, 0.1) is 4.90 Å². The standard InChI is InChI=1S/C13H23N3O2S/c1-3-14-8-11-7-12(9-15-11)19(17,18)16-13-6-4-5-10(13)2/h7,9-10,13-16H,3-6,8H2,1-2H3. The number of rotatable bonds is 6. The van der Waals surface area contributed by atoms with E-state index in [9.17, 15) is 8.42 Å². The predicted molar refractivity (Wildman–Crippen MR) is 75.3 cm³/mol. The first-order valence-electron chi connectivity index (χ1n) is 6.93. The molecule has 0 radical (unpaired) electrons. The topological polar surface area (TPSA) is 74.0 Å². The number of sulfonamides is 1. The molecule has 0 spiro atoms. The van der Waals surface area contributed by atoms with Gasteiger partial charge >= 0.3 is 0 Å². The Balaban J connectivity index is 2.04. The Kier molecular flexibility index (Phi) is 4.65. The Labute approximate surface area is 115 Å². The third-order valence-corrected chi connectivity index (χ3v) is 5.23. The van der Waals surface area contributed by atoms with E-state index in [0.717, 1.165) is 31.5 Å². The monoisotopic (exact) mass is 285 g/mol. The van der Waals surface area contributed by atoms with Crippen molar-refractivity contribution in [2.24, 2.45) is 5.92 Å². The molecule has 1 aromatic heterocycles. The van der Waals surface area contributed by atoms with E-state index in [2.05, 4.69) is 21.9 Å². The molecule has 2 rings (SSSR count). The van der Waals surface area contributed by atoms with Gasteiger partial charge in [0.15, 0.2) is 0 Å². The molecule has 1 fully saturated rings. The summed E-state index contributed by atoms with van der Waals surface area (Å²) in [4.78, 5) is 3.33. The highest BCUT2D eigenvalue weighted by Crippen LogP contribution is 2.26. The molecule has 3 N–H and O–H groups in total. The first-order valence-corrected chi connectivity index (χ1v) is 8.41. The molecule has 0 amide bonds. The SMILES string of the molecule is CCNCc1cc(S(=O)(=O)NC2CCCC2C)c[nH]1. The number of H-pyrrole nitrogens is 1. The number of nitrogens with one attached hydrogen (secondary N) is 3. The molecule has 6 heteroatoms. The van der Waals surface area contributed by atoms with Gasteiger partial charge in [0, 0.05) is 24.5 Å². The Bertz CT molecular complexity index is 510. The Morgan fingerprint density at radius 2 is 2.21 bits per heavy atom. The maximum Gasteiger partial charge on any atom is 0.242 e. The third kappa shape index (κ3) is 3.58. The summed E-state index contributed by atoms with van der Waals surface area (Å²) in [5.74, 6) is 0.426. The van der Waals surface area contributed by atoms with Crippen molar-refractivity contribution < 1.29 is 8.42 Å². The van der Waals surface area contributed by atoms with Gasteiger partial charge in [-0.2, -0.15) is 0 Å². The molecule has 0 bridgehead atoms. The summed E-state index contributed by atoms with van der Waals surface area (Å²) < 4.78 is 27.4. The van der Waals surface area contributed by atoms with E-state index < -0.39 is 10.0 Å². The molecule has 2 unspecified atom stereocenters. The summed E-state index contributed by atoms with van der Waals surface area (Å²) in [5, 5.41) is 3.16. The summed E-state index contributed by atoms with van der Waals surface area (Å²) in [5.41, 5.74) is 0.890. The lowest BCUT2D eigenvalue weighted by Crippen LogP contribution is -2.36. The maximum atomic E-state index is 12.3. The van der Waals surface area contributed by atoms with E-state index in [1.807, 2.05) is 6.92 Å². The molecular formula is C13H23N3O2S. The summed E-state index contributed by atoms with van der Waals surface area (Å²) >= 11 is 0. The summed E-state index contributed by atoms with van der Waals surface area (Å²) in [6.07, 6.45) is 4.71. The normalized spacial score (nSPS) is 23.9. The number of aromatic amines is 1. The molecule has 1 heterocycles. The van der Waals surface area contributed by atoms with Crippen molar-refractivity contribution in [3.8, 4) is 0 Å². The molecule has 1 aliphatic carbocycles. The van der Waals surface area contributed by atoms with E-state index >= 15 is 0 Å². The minimum Gasteiger partial charge on any atom is -0.363 e. The molecule has 5 nitrogen and oxygen atoms in total. The van der Waals surface area contributed by atoms with Crippen molar-refractivity contribution in [3.63, 3.8) is 0 Å². The van der Waals surface area contributed by atoms with Crippen LogP contribution in [0.15, 0.2) is 17.2 Å². The van der Waals surface area contributed by atoms with Crippen molar-refractivity contribution in [1.82, 2.24) is 15.0 Å². The zero-order valence-corrected chi connectivity index (χ0v) is 12.4. The first-order chi connectivity index (χ1) is 9.03. The van der Waals surface area contributed by atoms with Crippen LogP contribution in [0.4, 0.5) is 0 Å². The average molecular weight is 285 g/mol. The number of aromatic nitrogens is 1. The van der Waals surface area contributed by atoms with E-state index in [1.165, 1.54) is 0 Å². The van der Waals surface area contributed by atoms with Crippen LogP contribution >= 0.6 is 0 Å². The fourth-order valence-electron chi connectivity index (χ4n) is 2.52. The minimum atomic E-state index is -3.39. The Hall–Kier alpha value is -0.850. The lowest BCUT2D eigenvalue weighted by Gasteiger charge is -2.16. The lowest BCUT2D eigenvalue weighted by molar-refractivity contribution is 0.476. The Morgan fingerprint density at radius 1 is 1.42 bits per heavy atom. The molecule has 0 saturated heterocycles. The van der Waals surface area contributed by atoms with Crippen LogP contribution in [0.5, 0.6) is 0 Å². The smallest absolute Gasteiger partial charge is 0.242 e. The van der Waals surface area contributed by atoms with Crippen LogP contribution in [0, 0.1) is 5.92 Å². The molecular weight excluding hydrogens is 262 g/mol. The van der Waals surface area contributed by atoms with E-state index in [1.54, 1.807) is 12.3 Å². The molecule has 19 heavy (non-hydrogen) atoms. The van der Waals surface area contributed by atoms with Crippen LogP contribution in [-0.4, -0.2) is 26.0 Å². The van der Waals surface area contributed by atoms with Crippen molar-refractivity contribution in [1.29, 1.82) is 0 Å². The van der Waals surface area contributed by atoms with Crippen LogP contribution in [0.1, 0.15) is 38.8 Å².